The molecule has 1 heterocycles. The highest BCUT2D eigenvalue weighted by atomic mass is 32.2. The molecule has 0 aliphatic carbocycles. The zero-order valence-corrected chi connectivity index (χ0v) is 12.1. The van der Waals surface area contributed by atoms with Gasteiger partial charge >= 0.3 is 0 Å². The summed E-state index contributed by atoms with van der Waals surface area (Å²) in [5.41, 5.74) is 3.13. The predicted octanol–water partition coefficient (Wildman–Crippen LogP) is 0.698. The first-order valence-electron chi connectivity index (χ1n) is 6.28. The summed E-state index contributed by atoms with van der Waals surface area (Å²) in [6.07, 6.45) is 2.49. The van der Waals surface area contributed by atoms with Crippen LogP contribution < -0.4 is 10.5 Å². The van der Waals surface area contributed by atoms with E-state index in [0.717, 1.165) is 29.9 Å². The van der Waals surface area contributed by atoms with Crippen LogP contribution in [0.5, 0.6) is 0 Å². The van der Waals surface area contributed by atoms with Gasteiger partial charge in [-0.3, -0.25) is 0 Å². The number of benzene rings is 1. The van der Waals surface area contributed by atoms with E-state index < -0.39 is 10.0 Å². The summed E-state index contributed by atoms with van der Waals surface area (Å²) in [7, 11) is -3.61. The second-order valence-electron chi connectivity index (χ2n) is 4.59. The second kappa shape index (κ2) is 6.17. The summed E-state index contributed by atoms with van der Waals surface area (Å²) in [6, 6.07) is 6.62. The fraction of sp³-hybridized carbons (Fsp3) is 0.308. The quantitative estimate of drug-likeness (QED) is 0.683. The van der Waals surface area contributed by atoms with Crippen LogP contribution in [0, 0.1) is 6.92 Å². The minimum absolute atomic E-state index is 0.140. The van der Waals surface area contributed by atoms with Crippen LogP contribution in [-0.4, -0.2) is 24.9 Å². The van der Waals surface area contributed by atoms with Crippen LogP contribution in [-0.2, 0) is 23.0 Å². The van der Waals surface area contributed by atoms with Crippen LogP contribution in [0.1, 0.15) is 17.0 Å². The summed E-state index contributed by atoms with van der Waals surface area (Å²) in [5.74, 6) is 0. The van der Waals surface area contributed by atoms with Gasteiger partial charge in [0.1, 0.15) is 0 Å². The number of nitrogens with zero attached hydrogens (tertiary/aromatic N) is 1. The highest BCUT2D eigenvalue weighted by Gasteiger charge is 2.06. The first-order chi connectivity index (χ1) is 9.47. The minimum Gasteiger partial charge on any atom is -0.348 e. The summed E-state index contributed by atoms with van der Waals surface area (Å²) >= 11 is 0. The van der Waals surface area contributed by atoms with Crippen molar-refractivity contribution in [3.63, 3.8) is 0 Å². The fourth-order valence-corrected chi connectivity index (χ4v) is 2.37. The van der Waals surface area contributed by atoms with Crippen molar-refractivity contribution in [3.05, 3.63) is 47.5 Å². The standard InChI is InChI=1S/C13H18N4O2S/c1-10-13(17-9-16-10)8-15-7-6-11-2-4-12(5-3-11)20(14,18)19/h2-5,9,15H,6-8H2,1H3,(H,16,17)(H2,14,18,19). The van der Waals surface area contributed by atoms with Gasteiger partial charge in [0.15, 0.2) is 0 Å². The molecule has 0 aliphatic rings. The average Bonchev–Trinajstić information content (AvgIpc) is 2.80. The molecule has 0 unspecified atom stereocenters. The minimum atomic E-state index is -3.61. The lowest BCUT2D eigenvalue weighted by Crippen LogP contribution is -2.17. The molecular formula is C13H18N4O2S. The molecule has 2 rings (SSSR count). The molecule has 0 amide bonds. The van der Waals surface area contributed by atoms with Crippen LogP contribution in [0.4, 0.5) is 0 Å². The summed E-state index contributed by atoms with van der Waals surface area (Å²) in [6.45, 7) is 3.49. The molecule has 108 valence electrons. The van der Waals surface area contributed by atoms with Gasteiger partial charge in [0.25, 0.3) is 0 Å². The number of aryl methyl sites for hydroxylation is 1. The SMILES string of the molecule is Cc1[nH]cnc1CNCCc1ccc(S(N)(=O)=O)cc1. The van der Waals surface area contributed by atoms with Crippen molar-refractivity contribution >= 4 is 10.0 Å². The molecule has 0 spiro atoms. The van der Waals surface area contributed by atoms with Crippen molar-refractivity contribution in [2.45, 2.75) is 24.8 Å². The molecule has 0 aliphatic heterocycles. The summed E-state index contributed by atoms with van der Waals surface area (Å²) in [4.78, 5) is 7.37. The third-order valence-electron chi connectivity index (χ3n) is 3.07. The Bertz CT molecular complexity index is 662. The van der Waals surface area contributed by atoms with Crippen LogP contribution in [0.25, 0.3) is 0 Å². The second-order valence-corrected chi connectivity index (χ2v) is 6.15. The Morgan fingerprint density at radius 3 is 2.55 bits per heavy atom. The molecule has 2 aromatic rings. The normalized spacial score (nSPS) is 11.7. The summed E-state index contributed by atoms with van der Waals surface area (Å²) in [5, 5.41) is 8.34. The van der Waals surface area contributed by atoms with Crippen LogP contribution in [0.2, 0.25) is 0 Å². The first-order valence-corrected chi connectivity index (χ1v) is 7.83. The third kappa shape index (κ3) is 3.89. The first kappa shape index (κ1) is 14.7. The van der Waals surface area contributed by atoms with Crippen molar-refractivity contribution in [2.24, 2.45) is 5.14 Å². The Balaban J connectivity index is 1.81. The number of imidazole rings is 1. The molecule has 20 heavy (non-hydrogen) atoms. The highest BCUT2D eigenvalue weighted by molar-refractivity contribution is 7.89. The van der Waals surface area contributed by atoms with Crippen molar-refractivity contribution in [1.82, 2.24) is 15.3 Å². The van der Waals surface area contributed by atoms with Gasteiger partial charge in [0, 0.05) is 12.2 Å². The maximum absolute atomic E-state index is 11.1. The molecule has 0 atom stereocenters. The number of nitrogens with one attached hydrogen (secondary N) is 2. The van der Waals surface area contributed by atoms with Crippen molar-refractivity contribution < 1.29 is 8.42 Å². The molecule has 6 nitrogen and oxygen atoms in total. The van der Waals surface area contributed by atoms with E-state index in [-0.39, 0.29) is 4.90 Å². The Morgan fingerprint density at radius 1 is 1.30 bits per heavy atom. The zero-order valence-electron chi connectivity index (χ0n) is 11.3. The molecule has 1 aromatic carbocycles. The molecular weight excluding hydrogens is 276 g/mol. The van der Waals surface area contributed by atoms with Crippen molar-refractivity contribution in [1.29, 1.82) is 0 Å². The Labute approximate surface area is 118 Å². The number of aromatic nitrogens is 2. The fourth-order valence-electron chi connectivity index (χ4n) is 1.85. The number of aromatic amines is 1. The van der Waals surface area contributed by atoms with E-state index in [4.69, 9.17) is 5.14 Å². The smallest absolute Gasteiger partial charge is 0.238 e. The van der Waals surface area contributed by atoms with Gasteiger partial charge in [-0.15, -0.1) is 0 Å². The van der Waals surface area contributed by atoms with E-state index in [9.17, 15) is 8.42 Å². The number of sulfonamides is 1. The van der Waals surface area contributed by atoms with E-state index >= 15 is 0 Å². The van der Waals surface area contributed by atoms with Gasteiger partial charge in [-0.2, -0.15) is 0 Å². The Morgan fingerprint density at radius 2 is 2.00 bits per heavy atom. The van der Waals surface area contributed by atoms with Crippen molar-refractivity contribution in [3.8, 4) is 0 Å². The maximum Gasteiger partial charge on any atom is 0.238 e. The van der Waals surface area contributed by atoms with E-state index in [2.05, 4.69) is 15.3 Å². The number of nitrogens with two attached hydrogens (primary N) is 1. The van der Waals surface area contributed by atoms with Gasteiger partial charge in [0.05, 0.1) is 16.9 Å². The van der Waals surface area contributed by atoms with Gasteiger partial charge in [0.2, 0.25) is 10.0 Å². The van der Waals surface area contributed by atoms with Gasteiger partial charge in [-0.1, -0.05) is 12.1 Å². The highest BCUT2D eigenvalue weighted by Crippen LogP contribution is 2.09. The lowest BCUT2D eigenvalue weighted by atomic mass is 10.1. The topological polar surface area (TPSA) is 101 Å². The molecule has 0 saturated heterocycles. The average molecular weight is 294 g/mol. The lowest BCUT2D eigenvalue weighted by Gasteiger charge is -2.05. The van der Waals surface area contributed by atoms with E-state index in [1.807, 2.05) is 6.92 Å². The van der Waals surface area contributed by atoms with E-state index in [1.54, 1.807) is 18.5 Å². The van der Waals surface area contributed by atoms with Crippen LogP contribution >= 0.6 is 0 Å². The number of H-pyrrole nitrogens is 1. The number of hydrogen-bond acceptors (Lipinski definition) is 4. The van der Waals surface area contributed by atoms with Gasteiger partial charge < -0.3 is 10.3 Å². The van der Waals surface area contributed by atoms with Gasteiger partial charge in [-0.05, 0) is 37.6 Å². The Hall–Kier alpha value is -1.70. The summed E-state index contributed by atoms with van der Waals surface area (Å²) < 4.78 is 22.2. The van der Waals surface area contributed by atoms with E-state index in [1.165, 1.54) is 12.1 Å². The molecule has 4 N–H and O–H groups in total. The molecule has 0 saturated carbocycles. The number of primary sulfonamides is 1. The van der Waals surface area contributed by atoms with Crippen molar-refractivity contribution in [2.75, 3.05) is 6.54 Å². The molecule has 0 fully saturated rings. The lowest BCUT2D eigenvalue weighted by molar-refractivity contribution is 0.597. The van der Waals surface area contributed by atoms with E-state index in [0.29, 0.717) is 6.54 Å². The zero-order chi connectivity index (χ0) is 14.6. The maximum atomic E-state index is 11.1. The molecule has 1 aromatic heterocycles. The third-order valence-corrected chi connectivity index (χ3v) is 4.00. The largest absolute Gasteiger partial charge is 0.348 e. The monoisotopic (exact) mass is 294 g/mol. The molecule has 7 heteroatoms. The number of hydrogen-bond donors (Lipinski definition) is 3. The molecule has 0 radical (unpaired) electrons. The Kier molecular flexibility index (Phi) is 4.53. The molecule has 0 bridgehead atoms. The number of rotatable bonds is 6. The van der Waals surface area contributed by atoms with Crippen LogP contribution in [0.3, 0.4) is 0 Å². The van der Waals surface area contributed by atoms with Crippen LogP contribution in [0.15, 0.2) is 35.5 Å². The van der Waals surface area contributed by atoms with Gasteiger partial charge in [-0.25, -0.2) is 18.5 Å². The predicted molar refractivity (Wildman–Crippen MR) is 76.6 cm³/mol.